The molecule has 1 aromatic heterocycles. The summed E-state index contributed by atoms with van der Waals surface area (Å²) in [6.07, 6.45) is 0. The Morgan fingerprint density at radius 3 is 2.28 bits per heavy atom. The lowest BCUT2D eigenvalue weighted by Gasteiger charge is -2.13. The summed E-state index contributed by atoms with van der Waals surface area (Å²) in [7, 11) is 0. The molecule has 0 atom stereocenters. The number of aromatic nitrogens is 3. The molecule has 0 unspecified atom stereocenters. The third-order valence-corrected chi connectivity index (χ3v) is 6.20. The average molecular weight is 463 g/mol. The summed E-state index contributed by atoms with van der Waals surface area (Å²) in [6.45, 7) is 6.07. The van der Waals surface area contributed by atoms with Crippen molar-refractivity contribution in [2.45, 2.75) is 25.9 Å². The molecule has 0 aliphatic rings. The third kappa shape index (κ3) is 4.87. The molecular formula is C25H23ClN4OS. The van der Waals surface area contributed by atoms with E-state index in [0.717, 1.165) is 28.1 Å². The highest BCUT2D eigenvalue weighted by atomic mass is 35.5. The fourth-order valence-electron chi connectivity index (χ4n) is 3.64. The second-order valence-corrected chi connectivity index (χ2v) is 8.97. The standard InChI is InChI=1S/C25H23ClN4OS/c1-16-13-17(2)23(18(3)14-16)27-22(31)15-32-25-29-28-24(19-9-11-20(26)12-10-19)30(25)21-7-5-4-6-8-21/h4-14H,15H2,1-3H3,(H,27,31). The molecule has 0 saturated heterocycles. The molecule has 1 N–H and O–H groups in total. The molecule has 7 heteroatoms. The maximum absolute atomic E-state index is 12.7. The lowest BCUT2D eigenvalue weighted by molar-refractivity contribution is -0.113. The fraction of sp³-hybridized carbons (Fsp3) is 0.160. The van der Waals surface area contributed by atoms with Gasteiger partial charge in [-0.05, 0) is 68.3 Å². The number of nitrogens with zero attached hydrogens (tertiary/aromatic N) is 3. The number of carbonyl (C=O) groups is 1. The van der Waals surface area contributed by atoms with Crippen LogP contribution in [0.4, 0.5) is 5.69 Å². The highest BCUT2D eigenvalue weighted by Gasteiger charge is 2.18. The quantitative estimate of drug-likeness (QED) is 0.344. The van der Waals surface area contributed by atoms with Crippen molar-refractivity contribution >= 4 is 35.0 Å². The lowest BCUT2D eigenvalue weighted by atomic mass is 10.1. The summed E-state index contributed by atoms with van der Waals surface area (Å²) in [5, 5.41) is 13.1. The van der Waals surface area contributed by atoms with Crippen molar-refractivity contribution < 1.29 is 4.79 Å². The Bertz CT molecular complexity index is 1230. The fourth-order valence-corrected chi connectivity index (χ4v) is 4.52. The molecular weight excluding hydrogens is 440 g/mol. The summed E-state index contributed by atoms with van der Waals surface area (Å²) in [5.74, 6) is 0.833. The van der Waals surface area contributed by atoms with Crippen molar-refractivity contribution in [3.63, 3.8) is 0 Å². The summed E-state index contributed by atoms with van der Waals surface area (Å²) in [5.41, 5.74) is 5.98. The predicted molar refractivity (Wildman–Crippen MR) is 132 cm³/mol. The Morgan fingerprint density at radius 2 is 1.62 bits per heavy atom. The number of benzene rings is 3. The number of hydrogen-bond acceptors (Lipinski definition) is 4. The Kier molecular flexibility index (Phi) is 6.63. The maximum atomic E-state index is 12.7. The molecule has 0 fully saturated rings. The Labute approximate surface area is 196 Å². The van der Waals surface area contributed by atoms with E-state index in [1.54, 1.807) is 0 Å². The molecule has 4 rings (SSSR count). The second kappa shape index (κ2) is 9.59. The van der Waals surface area contributed by atoms with E-state index in [1.807, 2.05) is 73.0 Å². The zero-order valence-electron chi connectivity index (χ0n) is 18.1. The SMILES string of the molecule is Cc1cc(C)c(NC(=O)CSc2nnc(-c3ccc(Cl)cc3)n2-c2ccccc2)c(C)c1. The first kappa shape index (κ1) is 22.1. The monoisotopic (exact) mass is 462 g/mol. The van der Waals surface area contributed by atoms with Gasteiger partial charge in [-0.15, -0.1) is 10.2 Å². The smallest absolute Gasteiger partial charge is 0.234 e. The number of amides is 1. The van der Waals surface area contributed by atoms with Gasteiger partial charge >= 0.3 is 0 Å². The van der Waals surface area contributed by atoms with Crippen LogP contribution in [0.5, 0.6) is 0 Å². The summed E-state index contributed by atoms with van der Waals surface area (Å²) < 4.78 is 1.96. The topological polar surface area (TPSA) is 59.8 Å². The highest BCUT2D eigenvalue weighted by Crippen LogP contribution is 2.29. The average Bonchev–Trinajstić information content (AvgIpc) is 3.20. The van der Waals surface area contributed by atoms with E-state index in [-0.39, 0.29) is 11.7 Å². The summed E-state index contributed by atoms with van der Waals surface area (Å²) in [4.78, 5) is 12.7. The molecule has 0 aliphatic carbocycles. The van der Waals surface area contributed by atoms with Gasteiger partial charge in [0, 0.05) is 22.0 Å². The van der Waals surface area contributed by atoms with Gasteiger partial charge in [-0.2, -0.15) is 0 Å². The second-order valence-electron chi connectivity index (χ2n) is 7.59. The van der Waals surface area contributed by atoms with Crippen LogP contribution < -0.4 is 5.32 Å². The number of rotatable bonds is 6. The number of thioether (sulfide) groups is 1. The highest BCUT2D eigenvalue weighted by molar-refractivity contribution is 7.99. The van der Waals surface area contributed by atoms with Gasteiger partial charge in [0.25, 0.3) is 0 Å². The van der Waals surface area contributed by atoms with E-state index in [0.29, 0.717) is 16.0 Å². The Balaban J connectivity index is 1.59. The van der Waals surface area contributed by atoms with Crippen LogP contribution in [0.15, 0.2) is 71.9 Å². The van der Waals surface area contributed by atoms with Gasteiger partial charge in [-0.3, -0.25) is 9.36 Å². The van der Waals surface area contributed by atoms with Crippen molar-refractivity contribution in [3.05, 3.63) is 88.4 Å². The molecule has 1 heterocycles. The minimum atomic E-state index is -0.0827. The van der Waals surface area contributed by atoms with Gasteiger partial charge in [0.15, 0.2) is 11.0 Å². The molecule has 4 aromatic rings. The van der Waals surface area contributed by atoms with Gasteiger partial charge in [0.05, 0.1) is 5.75 Å². The van der Waals surface area contributed by atoms with Crippen LogP contribution in [0.1, 0.15) is 16.7 Å². The van der Waals surface area contributed by atoms with Crippen LogP contribution >= 0.6 is 23.4 Å². The molecule has 0 radical (unpaired) electrons. The Morgan fingerprint density at radius 1 is 0.969 bits per heavy atom. The predicted octanol–water partition coefficient (Wildman–Crippen LogP) is 6.24. The van der Waals surface area contributed by atoms with Gasteiger partial charge in [0.2, 0.25) is 5.91 Å². The summed E-state index contributed by atoms with van der Waals surface area (Å²) in [6, 6.07) is 21.5. The molecule has 5 nitrogen and oxygen atoms in total. The van der Waals surface area contributed by atoms with Gasteiger partial charge in [-0.25, -0.2) is 0 Å². The van der Waals surface area contributed by atoms with Crippen LogP contribution in [-0.4, -0.2) is 26.4 Å². The molecule has 32 heavy (non-hydrogen) atoms. The summed E-state index contributed by atoms with van der Waals surface area (Å²) >= 11 is 7.41. The number of nitrogens with one attached hydrogen (secondary N) is 1. The first-order valence-corrected chi connectivity index (χ1v) is 11.6. The van der Waals surface area contributed by atoms with Crippen LogP contribution in [0.2, 0.25) is 5.02 Å². The van der Waals surface area contributed by atoms with E-state index < -0.39 is 0 Å². The lowest BCUT2D eigenvalue weighted by Crippen LogP contribution is -2.16. The zero-order valence-corrected chi connectivity index (χ0v) is 19.7. The minimum absolute atomic E-state index is 0.0827. The van der Waals surface area contributed by atoms with Crippen LogP contribution in [0.3, 0.4) is 0 Å². The normalized spacial score (nSPS) is 10.9. The van der Waals surface area contributed by atoms with Crippen molar-refractivity contribution in [1.82, 2.24) is 14.8 Å². The molecule has 3 aromatic carbocycles. The minimum Gasteiger partial charge on any atom is -0.325 e. The van der Waals surface area contributed by atoms with E-state index in [4.69, 9.17) is 11.6 Å². The molecule has 0 spiro atoms. The first-order chi connectivity index (χ1) is 15.4. The maximum Gasteiger partial charge on any atom is 0.234 e. The van der Waals surface area contributed by atoms with Crippen molar-refractivity contribution in [2.75, 3.05) is 11.1 Å². The largest absolute Gasteiger partial charge is 0.325 e. The number of para-hydroxylation sites is 1. The van der Waals surface area contributed by atoms with Crippen molar-refractivity contribution in [1.29, 1.82) is 0 Å². The van der Waals surface area contributed by atoms with Crippen molar-refractivity contribution in [2.24, 2.45) is 0 Å². The Hall–Kier alpha value is -3.09. The van der Waals surface area contributed by atoms with E-state index in [2.05, 4.69) is 34.6 Å². The molecule has 0 aliphatic heterocycles. The van der Waals surface area contributed by atoms with Crippen LogP contribution in [0.25, 0.3) is 17.1 Å². The van der Waals surface area contributed by atoms with Crippen LogP contribution in [-0.2, 0) is 4.79 Å². The van der Waals surface area contributed by atoms with Gasteiger partial charge in [0.1, 0.15) is 0 Å². The number of aryl methyl sites for hydroxylation is 3. The number of anilines is 1. The molecule has 0 saturated carbocycles. The van der Waals surface area contributed by atoms with Gasteiger partial charge < -0.3 is 5.32 Å². The van der Waals surface area contributed by atoms with Gasteiger partial charge in [-0.1, -0.05) is 59.3 Å². The molecule has 0 bridgehead atoms. The first-order valence-electron chi connectivity index (χ1n) is 10.2. The number of hydrogen-bond donors (Lipinski definition) is 1. The molecule has 162 valence electrons. The number of carbonyl (C=O) groups excluding carboxylic acids is 1. The number of halogens is 1. The zero-order chi connectivity index (χ0) is 22.7. The van der Waals surface area contributed by atoms with E-state index >= 15 is 0 Å². The van der Waals surface area contributed by atoms with E-state index in [9.17, 15) is 4.79 Å². The van der Waals surface area contributed by atoms with Crippen molar-refractivity contribution in [3.8, 4) is 17.1 Å². The third-order valence-electron chi connectivity index (χ3n) is 5.02. The molecule has 1 amide bonds. The van der Waals surface area contributed by atoms with Crippen LogP contribution in [0, 0.1) is 20.8 Å². The van der Waals surface area contributed by atoms with E-state index in [1.165, 1.54) is 17.3 Å².